The van der Waals surface area contributed by atoms with Crippen LogP contribution < -0.4 is 5.43 Å². The Kier molecular flexibility index (Phi) is 5.34. The first kappa shape index (κ1) is 21.5. The number of carbonyl (C=O) groups is 2. The van der Waals surface area contributed by atoms with E-state index in [0.29, 0.717) is 55.9 Å². The number of nitrogens with one attached hydrogen (secondary N) is 1. The Morgan fingerprint density at radius 1 is 1.22 bits per heavy atom. The predicted octanol–water partition coefficient (Wildman–Crippen LogP) is 0.750. The number of nitrogens with zero attached hydrogens (tertiary/aromatic N) is 2. The van der Waals surface area contributed by atoms with Crippen molar-refractivity contribution in [2.75, 3.05) is 32.8 Å². The topological polar surface area (TPSA) is 112 Å². The van der Waals surface area contributed by atoms with Crippen molar-refractivity contribution < 1.29 is 29.3 Å². The number of carbonyl (C=O) groups excluding carboxylic acids is 2. The molecule has 2 atom stereocenters. The molecule has 4 aliphatic rings. The molecule has 0 radical (unpaired) electrons. The third kappa shape index (κ3) is 3.36. The van der Waals surface area contributed by atoms with Crippen LogP contribution in [0.4, 0.5) is 0 Å². The number of hydrazine groups is 1. The number of hydrogen-bond donors (Lipinski definition) is 3. The average molecular weight is 444 g/mol. The number of fused-ring (bicyclic) bond motifs is 1. The smallest absolute Gasteiger partial charge is 0.338 e. The lowest BCUT2D eigenvalue weighted by molar-refractivity contribution is -0.137. The molecular weight excluding hydrogens is 414 g/mol. The third-order valence-corrected chi connectivity index (χ3v) is 7.52. The molecule has 1 aromatic carbocycles. The van der Waals surface area contributed by atoms with Gasteiger partial charge in [0.05, 0.1) is 29.4 Å². The Hall–Kier alpha value is -2.30. The lowest BCUT2D eigenvalue weighted by Crippen LogP contribution is -2.46. The quantitative estimate of drug-likeness (QED) is 0.585. The molecule has 0 saturated carbocycles. The van der Waals surface area contributed by atoms with Crippen LogP contribution in [0.1, 0.15) is 52.9 Å². The second kappa shape index (κ2) is 7.93. The summed E-state index contributed by atoms with van der Waals surface area (Å²) in [5.41, 5.74) is 7.27. The molecule has 4 aliphatic heterocycles. The van der Waals surface area contributed by atoms with Gasteiger partial charge in [0.25, 0.3) is 0 Å². The normalized spacial score (nSPS) is 26.2. The first-order valence-electron chi connectivity index (χ1n) is 11.1. The molecule has 1 unspecified atom stereocenters. The van der Waals surface area contributed by atoms with E-state index in [1.165, 1.54) is 0 Å². The summed E-state index contributed by atoms with van der Waals surface area (Å²) in [6.45, 7) is 6.63. The van der Waals surface area contributed by atoms with Gasteiger partial charge in [-0.1, -0.05) is 6.07 Å². The Labute approximate surface area is 186 Å². The maximum Gasteiger partial charge on any atom is 0.338 e. The van der Waals surface area contributed by atoms with Gasteiger partial charge in [-0.3, -0.25) is 4.79 Å². The fourth-order valence-electron chi connectivity index (χ4n) is 5.24. The van der Waals surface area contributed by atoms with Crippen LogP contribution in [0.3, 0.4) is 0 Å². The Morgan fingerprint density at radius 2 is 1.97 bits per heavy atom. The van der Waals surface area contributed by atoms with Crippen LogP contribution in [-0.4, -0.2) is 71.1 Å². The van der Waals surface area contributed by atoms with Gasteiger partial charge in [0.1, 0.15) is 6.61 Å². The van der Waals surface area contributed by atoms with Gasteiger partial charge in [-0.25, -0.2) is 15.2 Å². The Morgan fingerprint density at radius 3 is 2.66 bits per heavy atom. The third-order valence-electron chi connectivity index (χ3n) is 7.52. The number of hydrogen-bond acceptors (Lipinski definition) is 8. The van der Waals surface area contributed by atoms with Crippen molar-refractivity contribution in [3.05, 3.63) is 45.7 Å². The minimum absolute atomic E-state index is 0.0314. The molecule has 1 aromatic rings. The maximum absolute atomic E-state index is 13.2. The van der Waals surface area contributed by atoms with Crippen LogP contribution in [0.5, 0.6) is 0 Å². The number of amides is 1. The second-order valence-electron chi connectivity index (χ2n) is 9.25. The minimum atomic E-state index is -0.952. The number of cyclic esters (lactones) is 1. The number of esters is 1. The highest BCUT2D eigenvalue weighted by Gasteiger charge is 2.50. The molecule has 3 N–H and O–H groups in total. The van der Waals surface area contributed by atoms with E-state index in [1.807, 2.05) is 13.0 Å². The molecule has 9 heteroatoms. The molecule has 2 fully saturated rings. The summed E-state index contributed by atoms with van der Waals surface area (Å²) >= 11 is 0. The number of ether oxygens (including phenoxy) is 2. The number of likely N-dealkylation sites (tertiary alicyclic amines) is 1. The van der Waals surface area contributed by atoms with Crippen LogP contribution in [0.2, 0.25) is 0 Å². The zero-order chi connectivity index (χ0) is 22.6. The largest absolute Gasteiger partial charge is 0.457 e. The highest BCUT2D eigenvalue weighted by atomic mass is 16.6. The molecule has 0 bridgehead atoms. The van der Waals surface area contributed by atoms with Crippen LogP contribution >= 0.6 is 0 Å². The van der Waals surface area contributed by atoms with E-state index in [-0.39, 0.29) is 25.1 Å². The van der Waals surface area contributed by atoms with Crippen molar-refractivity contribution in [3.8, 4) is 0 Å². The number of aliphatic hydroxyl groups excluding tert-OH is 2. The summed E-state index contributed by atoms with van der Waals surface area (Å²) in [7, 11) is 0. The SMILES string of the molecule is CC1=C(N2NCC3(CCN(C[C@H](O)c4ccc5c(c4C)COC5=O)CC3)C2=O)COC1O. The van der Waals surface area contributed by atoms with Crippen molar-refractivity contribution in [3.63, 3.8) is 0 Å². The van der Waals surface area contributed by atoms with Gasteiger partial charge in [-0.15, -0.1) is 0 Å². The standard InChI is InChI=1S/C23H29N3O6/c1-13-15(3-4-16-17(13)10-31-21(16)29)19(27)9-25-7-5-23(6-8-25)12-24-26(22(23)30)18-11-32-20(28)14(18)2/h3-4,19-20,24,27-28H,5-12H2,1-2H3/t19-,20?/m0/s1. The molecule has 172 valence electrons. The minimum Gasteiger partial charge on any atom is -0.457 e. The number of β-amino-alcohol motifs (C(OH)–C–C–N with tert-alkyl or cyclic N) is 1. The van der Waals surface area contributed by atoms with Crippen molar-refractivity contribution in [2.24, 2.45) is 5.41 Å². The van der Waals surface area contributed by atoms with E-state index in [2.05, 4.69) is 10.3 Å². The number of piperidine rings is 1. The van der Waals surface area contributed by atoms with E-state index in [4.69, 9.17) is 9.47 Å². The first-order chi connectivity index (χ1) is 15.3. The van der Waals surface area contributed by atoms with Crippen LogP contribution in [-0.2, 0) is 20.9 Å². The highest BCUT2D eigenvalue weighted by Crippen LogP contribution is 2.39. The van der Waals surface area contributed by atoms with E-state index < -0.39 is 17.8 Å². The fourth-order valence-corrected chi connectivity index (χ4v) is 5.24. The molecule has 1 amide bonds. The highest BCUT2D eigenvalue weighted by molar-refractivity contribution is 5.94. The summed E-state index contributed by atoms with van der Waals surface area (Å²) in [5, 5.41) is 22.3. The summed E-state index contributed by atoms with van der Waals surface area (Å²) in [5.74, 6) is -0.275. The zero-order valence-electron chi connectivity index (χ0n) is 18.4. The van der Waals surface area contributed by atoms with Gasteiger partial charge < -0.3 is 24.6 Å². The van der Waals surface area contributed by atoms with Crippen LogP contribution in [0.15, 0.2) is 23.4 Å². The number of benzene rings is 1. The summed E-state index contributed by atoms with van der Waals surface area (Å²) in [6, 6.07) is 3.55. The lowest BCUT2D eigenvalue weighted by atomic mass is 9.78. The lowest BCUT2D eigenvalue weighted by Gasteiger charge is -2.38. The summed E-state index contributed by atoms with van der Waals surface area (Å²) in [6.07, 6.45) is -0.234. The van der Waals surface area contributed by atoms with Crippen molar-refractivity contribution >= 4 is 11.9 Å². The van der Waals surface area contributed by atoms with E-state index >= 15 is 0 Å². The van der Waals surface area contributed by atoms with Gasteiger partial charge in [0.15, 0.2) is 6.29 Å². The van der Waals surface area contributed by atoms with Crippen LogP contribution in [0, 0.1) is 12.3 Å². The Bertz CT molecular complexity index is 998. The fraction of sp³-hybridized carbons (Fsp3) is 0.565. The Balaban J connectivity index is 1.22. The molecular formula is C23H29N3O6. The van der Waals surface area contributed by atoms with Crippen molar-refractivity contribution in [2.45, 2.75) is 45.7 Å². The van der Waals surface area contributed by atoms with Crippen molar-refractivity contribution in [1.29, 1.82) is 0 Å². The molecule has 2 saturated heterocycles. The molecule has 32 heavy (non-hydrogen) atoms. The maximum atomic E-state index is 13.2. The van der Waals surface area contributed by atoms with Gasteiger partial charge in [-0.05, 0) is 57.0 Å². The first-order valence-corrected chi connectivity index (χ1v) is 11.1. The molecule has 1 spiro atoms. The van der Waals surface area contributed by atoms with Gasteiger partial charge in [-0.2, -0.15) is 0 Å². The molecule has 0 aromatic heterocycles. The van der Waals surface area contributed by atoms with Gasteiger partial charge in [0, 0.05) is 24.2 Å². The van der Waals surface area contributed by atoms with E-state index in [9.17, 15) is 19.8 Å². The molecule has 5 rings (SSSR count). The van der Waals surface area contributed by atoms with Gasteiger partial charge in [0.2, 0.25) is 5.91 Å². The van der Waals surface area contributed by atoms with Gasteiger partial charge >= 0.3 is 5.97 Å². The predicted molar refractivity (Wildman–Crippen MR) is 113 cm³/mol. The van der Waals surface area contributed by atoms with E-state index in [0.717, 1.165) is 16.7 Å². The average Bonchev–Trinajstić information content (AvgIpc) is 3.42. The molecule has 9 nitrogen and oxygen atoms in total. The number of rotatable bonds is 4. The second-order valence-corrected chi connectivity index (χ2v) is 9.25. The van der Waals surface area contributed by atoms with Crippen LogP contribution in [0.25, 0.3) is 0 Å². The summed E-state index contributed by atoms with van der Waals surface area (Å²) < 4.78 is 10.4. The monoisotopic (exact) mass is 443 g/mol. The van der Waals surface area contributed by atoms with E-state index in [1.54, 1.807) is 18.0 Å². The molecule has 0 aliphatic carbocycles. The zero-order valence-corrected chi connectivity index (χ0v) is 18.4. The molecule has 4 heterocycles. The number of aliphatic hydroxyl groups is 2. The van der Waals surface area contributed by atoms with Crippen molar-refractivity contribution in [1.82, 2.24) is 15.3 Å². The summed E-state index contributed by atoms with van der Waals surface area (Å²) in [4.78, 5) is 27.2.